The molecule has 0 amide bonds. The Hall–Kier alpha value is -4.27. The zero-order valence-corrected chi connectivity index (χ0v) is 21.9. The number of nitrogens with two attached hydrogens (primary N) is 1. The molecule has 192 valence electrons. The summed E-state index contributed by atoms with van der Waals surface area (Å²) in [5.74, 6) is 0.714. The molecule has 1 aliphatic heterocycles. The fourth-order valence-corrected chi connectivity index (χ4v) is 4.41. The van der Waals surface area contributed by atoms with Crippen LogP contribution in [0.3, 0.4) is 0 Å². The second-order valence-electron chi connectivity index (χ2n) is 10.2. The summed E-state index contributed by atoms with van der Waals surface area (Å²) in [7, 11) is -0.731. The molecular weight excluding hydrogens is 481 g/mol. The number of rotatable bonds is 5. The van der Waals surface area contributed by atoms with Crippen molar-refractivity contribution in [3.8, 4) is 11.8 Å². The van der Waals surface area contributed by atoms with Crippen LogP contribution < -0.4 is 22.1 Å². The highest BCUT2D eigenvalue weighted by molar-refractivity contribution is 6.65. The number of hydrogen-bond donors (Lipinski definition) is 2. The van der Waals surface area contributed by atoms with Crippen molar-refractivity contribution in [2.45, 2.75) is 51.9 Å². The summed E-state index contributed by atoms with van der Waals surface area (Å²) in [6, 6.07) is 16.3. The van der Waals surface area contributed by atoms with Gasteiger partial charge in [-0.3, -0.25) is 9.36 Å². The van der Waals surface area contributed by atoms with Crippen LogP contribution in [0.2, 0.25) is 0 Å². The van der Waals surface area contributed by atoms with E-state index in [9.17, 15) is 10.1 Å². The molecule has 0 aliphatic carbocycles. The standard InChI is InChI=1S/C27H28BN7O3/c1-16(32-22-17(14-29)15-31-25(30)34-22)23-33-20-13-9-12-19(28-37-26(2,3)27(4,5)38-28)21(20)24(36)35(23)18-10-7-6-8-11-18/h6-13,15-16H,1-5H3,(H3,30,31,32,34)/t16-/m1/s1. The van der Waals surface area contributed by atoms with Gasteiger partial charge in [0.2, 0.25) is 5.95 Å². The number of nitrogens with zero attached hydrogens (tertiary/aromatic N) is 5. The van der Waals surface area contributed by atoms with Gasteiger partial charge in [-0.1, -0.05) is 30.3 Å². The number of hydrogen-bond acceptors (Lipinski definition) is 9. The molecule has 0 radical (unpaired) electrons. The number of nitrogens with one attached hydrogen (secondary N) is 1. The number of anilines is 2. The molecular formula is C27H28BN7O3. The summed E-state index contributed by atoms with van der Waals surface area (Å²) >= 11 is 0. The molecule has 1 aliphatic rings. The van der Waals surface area contributed by atoms with Gasteiger partial charge in [0.25, 0.3) is 5.56 Å². The van der Waals surface area contributed by atoms with Gasteiger partial charge in [0.05, 0.1) is 40.0 Å². The molecule has 0 unspecified atom stereocenters. The zero-order valence-electron chi connectivity index (χ0n) is 21.9. The molecule has 10 nitrogen and oxygen atoms in total. The molecule has 4 aromatic rings. The van der Waals surface area contributed by atoms with Crippen molar-refractivity contribution in [3.05, 3.63) is 76.5 Å². The summed E-state index contributed by atoms with van der Waals surface area (Å²) in [6.07, 6.45) is 1.35. The van der Waals surface area contributed by atoms with Crippen LogP contribution in [-0.4, -0.2) is 37.8 Å². The zero-order chi connectivity index (χ0) is 27.2. The first-order valence-corrected chi connectivity index (χ1v) is 12.3. The lowest BCUT2D eigenvalue weighted by Gasteiger charge is -2.32. The fourth-order valence-electron chi connectivity index (χ4n) is 4.41. The predicted octanol–water partition coefficient (Wildman–Crippen LogP) is 3.10. The van der Waals surface area contributed by atoms with E-state index in [2.05, 4.69) is 21.4 Å². The van der Waals surface area contributed by atoms with Gasteiger partial charge in [-0.2, -0.15) is 10.2 Å². The van der Waals surface area contributed by atoms with E-state index in [1.54, 1.807) is 10.6 Å². The summed E-state index contributed by atoms with van der Waals surface area (Å²) in [5.41, 5.74) is 6.35. The van der Waals surface area contributed by atoms with Crippen LogP contribution in [-0.2, 0) is 9.31 Å². The third-order valence-corrected chi connectivity index (χ3v) is 7.15. The third kappa shape index (κ3) is 4.28. The molecule has 1 fully saturated rings. The molecule has 2 aromatic carbocycles. The summed E-state index contributed by atoms with van der Waals surface area (Å²) < 4.78 is 14.1. The number of nitrogen functional groups attached to an aromatic ring is 1. The van der Waals surface area contributed by atoms with Crippen LogP contribution in [0.4, 0.5) is 11.8 Å². The monoisotopic (exact) mass is 509 g/mol. The molecule has 11 heteroatoms. The van der Waals surface area contributed by atoms with E-state index < -0.39 is 24.4 Å². The van der Waals surface area contributed by atoms with Gasteiger partial charge in [-0.15, -0.1) is 0 Å². The Morgan fingerprint density at radius 1 is 1.05 bits per heavy atom. The van der Waals surface area contributed by atoms with Gasteiger partial charge < -0.3 is 20.4 Å². The second kappa shape index (κ2) is 9.24. The lowest BCUT2D eigenvalue weighted by molar-refractivity contribution is 0.00578. The van der Waals surface area contributed by atoms with E-state index in [1.807, 2.05) is 77.1 Å². The Morgan fingerprint density at radius 2 is 1.74 bits per heavy atom. The van der Waals surface area contributed by atoms with Crippen LogP contribution >= 0.6 is 0 Å². The first-order chi connectivity index (χ1) is 18.0. The minimum Gasteiger partial charge on any atom is -0.399 e. The van der Waals surface area contributed by atoms with E-state index in [4.69, 9.17) is 20.0 Å². The maximum Gasteiger partial charge on any atom is 0.495 e. The van der Waals surface area contributed by atoms with Crippen molar-refractivity contribution in [1.29, 1.82) is 5.26 Å². The van der Waals surface area contributed by atoms with Crippen LogP contribution in [0.5, 0.6) is 0 Å². The third-order valence-electron chi connectivity index (χ3n) is 7.15. The van der Waals surface area contributed by atoms with E-state index in [1.165, 1.54) is 6.20 Å². The number of fused-ring (bicyclic) bond motifs is 1. The summed E-state index contributed by atoms with van der Waals surface area (Å²) in [5, 5.41) is 13.1. The van der Waals surface area contributed by atoms with Gasteiger partial charge >= 0.3 is 7.12 Å². The molecule has 38 heavy (non-hydrogen) atoms. The van der Waals surface area contributed by atoms with Gasteiger partial charge in [0.15, 0.2) is 0 Å². The van der Waals surface area contributed by atoms with Crippen LogP contribution in [0.25, 0.3) is 16.6 Å². The number of benzene rings is 2. The van der Waals surface area contributed by atoms with E-state index in [-0.39, 0.29) is 22.9 Å². The largest absolute Gasteiger partial charge is 0.495 e. The molecule has 0 saturated carbocycles. The number of para-hydroxylation sites is 1. The molecule has 3 N–H and O–H groups in total. The van der Waals surface area contributed by atoms with E-state index in [0.717, 1.165) is 0 Å². The first-order valence-electron chi connectivity index (χ1n) is 12.3. The molecule has 0 bridgehead atoms. The van der Waals surface area contributed by atoms with Crippen LogP contribution in [0.15, 0.2) is 59.5 Å². The Balaban J connectivity index is 1.70. The number of nitriles is 1. The molecule has 0 spiro atoms. The van der Waals surface area contributed by atoms with Gasteiger partial charge in [-0.25, -0.2) is 9.97 Å². The second-order valence-corrected chi connectivity index (χ2v) is 10.2. The summed E-state index contributed by atoms with van der Waals surface area (Å²) in [4.78, 5) is 27.3. The van der Waals surface area contributed by atoms with Gasteiger partial charge in [0.1, 0.15) is 23.3 Å². The highest BCUT2D eigenvalue weighted by atomic mass is 16.7. The van der Waals surface area contributed by atoms with Crippen LogP contribution in [0.1, 0.15) is 52.0 Å². The lowest BCUT2D eigenvalue weighted by Crippen LogP contribution is -2.41. The Kier molecular flexibility index (Phi) is 6.17. The van der Waals surface area contributed by atoms with Gasteiger partial charge in [0, 0.05) is 0 Å². The van der Waals surface area contributed by atoms with Crippen molar-refractivity contribution in [2.24, 2.45) is 0 Å². The first kappa shape index (κ1) is 25.4. The van der Waals surface area contributed by atoms with Crippen molar-refractivity contribution in [2.75, 3.05) is 11.1 Å². The normalized spacial score (nSPS) is 16.8. The smallest absolute Gasteiger partial charge is 0.399 e. The summed E-state index contributed by atoms with van der Waals surface area (Å²) in [6.45, 7) is 9.72. The quantitative estimate of drug-likeness (QED) is 0.388. The fraction of sp³-hybridized carbons (Fsp3) is 0.296. The SMILES string of the molecule is C[C@@H](Nc1nc(N)ncc1C#N)c1nc2cccc(B3OC(C)(C)C(C)(C)O3)c2c(=O)n1-c1ccccc1. The molecule has 3 heterocycles. The maximum atomic E-state index is 14.3. The highest BCUT2D eigenvalue weighted by Crippen LogP contribution is 2.37. The molecule has 1 saturated heterocycles. The molecule has 1 atom stereocenters. The van der Waals surface area contributed by atoms with Gasteiger partial charge in [-0.05, 0) is 58.3 Å². The van der Waals surface area contributed by atoms with E-state index in [0.29, 0.717) is 27.9 Å². The number of aromatic nitrogens is 4. The predicted molar refractivity (Wildman–Crippen MR) is 146 cm³/mol. The topological polar surface area (TPSA) is 141 Å². The van der Waals surface area contributed by atoms with Crippen molar-refractivity contribution in [3.63, 3.8) is 0 Å². The Morgan fingerprint density at radius 3 is 2.39 bits per heavy atom. The Bertz CT molecular complexity index is 1610. The average Bonchev–Trinajstić information content (AvgIpc) is 3.10. The average molecular weight is 509 g/mol. The Labute approximate surface area is 220 Å². The van der Waals surface area contributed by atoms with Crippen molar-refractivity contribution >= 4 is 35.3 Å². The minimum atomic E-state index is -0.731. The van der Waals surface area contributed by atoms with Crippen LogP contribution in [0, 0.1) is 11.3 Å². The molecule has 2 aromatic heterocycles. The minimum absolute atomic E-state index is 0.0256. The lowest BCUT2D eigenvalue weighted by atomic mass is 9.77. The maximum absolute atomic E-state index is 14.3. The molecule has 5 rings (SSSR count). The van der Waals surface area contributed by atoms with E-state index >= 15 is 0 Å². The highest BCUT2D eigenvalue weighted by Gasteiger charge is 2.52. The van der Waals surface area contributed by atoms with Crippen molar-refractivity contribution < 1.29 is 9.31 Å². The van der Waals surface area contributed by atoms with Crippen molar-refractivity contribution in [1.82, 2.24) is 19.5 Å².